The summed E-state index contributed by atoms with van der Waals surface area (Å²) < 4.78 is 13.1. The van der Waals surface area contributed by atoms with Gasteiger partial charge in [-0.25, -0.2) is 4.39 Å². The van der Waals surface area contributed by atoms with Gasteiger partial charge in [0, 0.05) is 30.7 Å². The number of hydrogen-bond acceptors (Lipinski definition) is 3. The van der Waals surface area contributed by atoms with Gasteiger partial charge in [0.1, 0.15) is 5.82 Å². The summed E-state index contributed by atoms with van der Waals surface area (Å²) in [5.74, 6) is -0.215. The van der Waals surface area contributed by atoms with E-state index >= 15 is 0 Å². The molecule has 2 rings (SSSR count). The average Bonchev–Trinajstić information content (AvgIpc) is 2.39. The van der Waals surface area contributed by atoms with E-state index in [2.05, 4.69) is 15.3 Å². The minimum atomic E-state index is -0.215. The molecule has 0 saturated carbocycles. The molecule has 0 saturated heterocycles. The first-order valence-corrected chi connectivity index (χ1v) is 5.94. The SMILES string of the molecule is CC(N[C@@H](C)c1cccc(F)c1)c1cnccn1. The van der Waals surface area contributed by atoms with E-state index in [1.807, 2.05) is 19.9 Å². The van der Waals surface area contributed by atoms with Gasteiger partial charge in [0.2, 0.25) is 0 Å². The standard InChI is InChI=1S/C14H16FN3/c1-10(12-4-3-5-13(15)8-12)18-11(2)14-9-16-6-7-17-14/h3-11,18H,1-2H3/t10-,11?/m0/s1. The zero-order valence-corrected chi connectivity index (χ0v) is 10.5. The van der Waals surface area contributed by atoms with Gasteiger partial charge < -0.3 is 5.32 Å². The topological polar surface area (TPSA) is 37.8 Å². The minimum absolute atomic E-state index is 0.0534. The number of nitrogens with zero attached hydrogens (tertiary/aromatic N) is 2. The van der Waals surface area contributed by atoms with Crippen molar-refractivity contribution in [3.63, 3.8) is 0 Å². The Hall–Kier alpha value is -1.81. The molecule has 1 heterocycles. The van der Waals surface area contributed by atoms with Gasteiger partial charge in [0.25, 0.3) is 0 Å². The molecule has 0 radical (unpaired) electrons. The molecule has 0 bridgehead atoms. The number of rotatable bonds is 4. The number of halogens is 1. The van der Waals surface area contributed by atoms with Gasteiger partial charge in [0.05, 0.1) is 5.69 Å². The maximum Gasteiger partial charge on any atom is 0.123 e. The van der Waals surface area contributed by atoms with Crippen LogP contribution in [0.4, 0.5) is 4.39 Å². The predicted molar refractivity (Wildman–Crippen MR) is 68.4 cm³/mol. The van der Waals surface area contributed by atoms with Crippen LogP contribution in [0.25, 0.3) is 0 Å². The zero-order chi connectivity index (χ0) is 13.0. The van der Waals surface area contributed by atoms with Crippen LogP contribution in [0.1, 0.15) is 37.2 Å². The van der Waals surface area contributed by atoms with E-state index in [-0.39, 0.29) is 17.9 Å². The average molecular weight is 245 g/mol. The third-order valence-corrected chi connectivity index (χ3v) is 2.88. The molecule has 4 heteroatoms. The van der Waals surface area contributed by atoms with E-state index in [1.165, 1.54) is 6.07 Å². The lowest BCUT2D eigenvalue weighted by molar-refractivity contribution is 0.482. The summed E-state index contributed by atoms with van der Waals surface area (Å²) in [4.78, 5) is 8.28. The van der Waals surface area contributed by atoms with Crippen LogP contribution >= 0.6 is 0 Å². The molecule has 2 atom stereocenters. The van der Waals surface area contributed by atoms with Crippen molar-refractivity contribution >= 4 is 0 Å². The maximum absolute atomic E-state index is 13.1. The lowest BCUT2D eigenvalue weighted by atomic mass is 10.1. The van der Waals surface area contributed by atoms with Crippen molar-refractivity contribution in [2.45, 2.75) is 25.9 Å². The quantitative estimate of drug-likeness (QED) is 0.899. The molecule has 0 aliphatic carbocycles. The van der Waals surface area contributed by atoms with E-state index in [0.29, 0.717) is 0 Å². The second-order valence-electron chi connectivity index (χ2n) is 4.30. The molecule has 94 valence electrons. The number of hydrogen-bond donors (Lipinski definition) is 1. The largest absolute Gasteiger partial charge is 0.302 e. The minimum Gasteiger partial charge on any atom is -0.302 e. The van der Waals surface area contributed by atoms with Crippen LogP contribution in [-0.2, 0) is 0 Å². The molecule has 2 aromatic rings. The number of nitrogens with one attached hydrogen (secondary N) is 1. The summed E-state index contributed by atoms with van der Waals surface area (Å²) in [5.41, 5.74) is 1.80. The van der Waals surface area contributed by atoms with E-state index in [9.17, 15) is 4.39 Å². The van der Waals surface area contributed by atoms with Crippen molar-refractivity contribution in [2.24, 2.45) is 0 Å². The van der Waals surface area contributed by atoms with Gasteiger partial charge in [0.15, 0.2) is 0 Å². The Morgan fingerprint density at radius 3 is 2.67 bits per heavy atom. The van der Waals surface area contributed by atoms with Crippen molar-refractivity contribution in [1.29, 1.82) is 0 Å². The normalized spacial score (nSPS) is 14.2. The predicted octanol–water partition coefficient (Wildman–Crippen LogP) is 3.03. The fourth-order valence-corrected chi connectivity index (χ4v) is 1.87. The van der Waals surface area contributed by atoms with E-state index in [1.54, 1.807) is 30.7 Å². The van der Waals surface area contributed by atoms with Crippen LogP contribution in [-0.4, -0.2) is 9.97 Å². The third-order valence-electron chi connectivity index (χ3n) is 2.88. The molecule has 0 aliphatic heterocycles. The highest BCUT2D eigenvalue weighted by Crippen LogP contribution is 2.18. The van der Waals surface area contributed by atoms with Gasteiger partial charge in [-0.1, -0.05) is 12.1 Å². The van der Waals surface area contributed by atoms with Crippen molar-refractivity contribution in [1.82, 2.24) is 15.3 Å². The molecule has 1 unspecified atom stereocenters. The zero-order valence-electron chi connectivity index (χ0n) is 10.5. The molecule has 0 amide bonds. The Morgan fingerprint density at radius 1 is 1.17 bits per heavy atom. The highest BCUT2D eigenvalue weighted by atomic mass is 19.1. The number of aromatic nitrogens is 2. The summed E-state index contributed by atoms with van der Waals surface area (Å²) in [6, 6.07) is 6.73. The molecular formula is C14H16FN3. The van der Waals surface area contributed by atoms with Crippen LogP contribution in [0, 0.1) is 5.82 Å². The molecule has 3 nitrogen and oxygen atoms in total. The highest BCUT2D eigenvalue weighted by molar-refractivity contribution is 5.20. The maximum atomic E-state index is 13.1. The highest BCUT2D eigenvalue weighted by Gasteiger charge is 2.12. The Labute approximate surface area is 106 Å². The van der Waals surface area contributed by atoms with Gasteiger partial charge in [-0.05, 0) is 31.5 Å². The Bertz CT molecular complexity index is 501. The fourth-order valence-electron chi connectivity index (χ4n) is 1.87. The summed E-state index contributed by atoms with van der Waals surface area (Å²) in [6.45, 7) is 4.02. The van der Waals surface area contributed by atoms with Gasteiger partial charge >= 0.3 is 0 Å². The van der Waals surface area contributed by atoms with Crippen molar-refractivity contribution in [3.8, 4) is 0 Å². The van der Waals surface area contributed by atoms with E-state index in [4.69, 9.17) is 0 Å². The van der Waals surface area contributed by atoms with Crippen molar-refractivity contribution in [2.75, 3.05) is 0 Å². The van der Waals surface area contributed by atoms with Crippen LogP contribution < -0.4 is 5.32 Å². The first kappa shape index (κ1) is 12.6. The van der Waals surface area contributed by atoms with Crippen molar-refractivity contribution < 1.29 is 4.39 Å². The molecule has 18 heavy (non-hydrogen) atoms. The summed E-state index contributed by atoms with van der Waals surface area (Å²) in [5, 5.41) is 3.37. The smallest absolute Gasteiger partial charge is 0.123 e. The van der Waals surface area contributed by atoms with Gasteiger partial charge in [-0.15, -0.1) is 0 Å². The molecule has 1 aromatic carbocycles. The third kappa shape index (κ3) is 3.11. The van der Waals surface area contributed by atoms with Crippen LogP contribution in [0.3, 0.4) is 0 Å². The first-order chi connectivity index (χ1) is 8.66. The van der Waals surface area contributed by atoms with Gasteiger partial charge in [-0.2, -0.15) is 0 Å². The molecule has 0 spiro atoms. The summed E-state index contributed by atoms with van der Waals surface area (Å²) >= 11 is 0. The van der Waals surface area contributed by atoms with Crippen LogP contribution in [0.5, 0.6) is 0 Å². The van der Waals surface area contributed by atoms with Crippen LogP contribution in [0.15, 0.2) is 42.9 Å². The Balaban J connectivity index is 2.05. The second-order valence-corrected chi connectivity index (χ2v) is 4.30. The number of benzene rings is 1. The Kier molecular flexibility index (Phi) is 3.99. The molecule has 0 fully saturated rings. The van der Waals surface area contributed by atoms with E-state index < -0.39 is 0 Å². The van der Waals surface area contributed by atoms with Crippen LogP contribution in [0.2, 0.25) is 0 Å². The Morgan fingerprint density at radius 2 is 2.00 bits per heavy atom. The second kappa shape index (κ2) is 5.69. The molecule has 0 aliphatic rings. The lowest BCUT2D eigenvalue weighted by Crippen LogP contribution is -2.23. The lowest BCUT2D eigenvalue weighted by Gasteiger charge is -2.19. The monoisotopic (exact) mass is 245 g/mol. The molecular weight excluding hydrogens is 229 g/mol. The molecule has 1 N–H and O–H groups in total. The summed E-state index contributed by atoms with van der Waals surface area (Å²) in [7, 11) is 0. The van der Waals surface area contributed by atoms with Gasteiger partial charge in [-0.3, -0.25) is 9.97 Å². The fraction of sp³-hybridized carbons (Fsp3) is 0.286. The molecule has 1 aromatic heterocycles. The van der Waals surface area contributed by atoms with E-state index in [0.717, 1.165) is 11.3 Å². The van der Waals surface area contributed by atoms with Crippen molar-refractivity contribution in [3.05, 3.63) is 59.9 Å². The summed E-state index contributed by atoms with van der Waals surface area (Å²) in [6.07, 6.45) is 5.04. The first-order valence-electron chi connectivity index (χ1n) is 5.94.